The molecule has 1 fully saturated rings. The van der Waals surface area contributed by atoms with Gasteiger partial charge in [-0.2, -0.15) is 5.10 Å². The zero-order valence-electron chi connectivity index (χ0n) is 14.7. The first-order chi connectivity index (χ1) is 12.8. The van der Waals surface area contributed by atoms with Crippen molar-refractivity contribution in [3.05, 3.63) is 78.5 Å². The summed E-state index contributed by atoms with van der Waals surface area (Å²) in [6.45, 7) is 0. The van der Waals surface area contributed by atoms with Crippen LogP contribution in [-0.2, 0) is 4.79 Å². The van der Waals surface area contributed by atoms with Crippen molar-refractivity contribution in [3.8, 4) is 5.69 Å². The Balaban J connectivity index is 1.54. The third kappa shape index (κ3) is 3.54. The standard InChI is InChI=1S/C22H23N3O/c26-22(21(18-11-7-8-12-18)17-9-3-1-4-10-17)23-20-15-16-25(24-20)19-13-5-2-6-14-19/h1-6,9-10,13-16,18,21H,7-8,11-12H2,(H,23,24,26). The van der Waals surface area contributed by atoms with Crippen molar-refractivity contribution in [2.75, 3.05) is 5.32 Å². The lowest BCUT2D eigenvalue weighted by Crippen LogP contribution is -2.26. The summed E-state index contributed by atoms with van der Waals surface area (Å²) in [6, 6.07) is 21.9. The van der Waals surface area contributed by atoms with E-state index in [1.54, 1.807) is 4.68 Å². The molecule has 4 nitrogen and oxygen atoms in total. The molecule has 3 aromatic rings. The summed E-state index contributed by atoms with van der Waals surface area (Å²) in [4.78, 5) is 13.1. The Bertz CT molecular complexity index is 851. The van der Waals surface area contributed by atoms with Crippen LogP contribution in [-0.4, -0.2) is 15.7 Å². The second kappa shape index (κ2) is 7.56. The van der Waals surface area contributed by atoms with Gasteiger partial charge < -0.3 is 5.32 Å². The fraction of sp³-hybridized carbons (Fsp3) is 0.273. The van der Waals surface area contributed by atoms with E-state index in [2.05, 4.69) is 22.5 Å². The van der Waals surface area contributed by atoms with Crippen LogP contribution in [0.1, 0.15) is 37.2 Å². The van der Waals surface area contributed by atoms with E-state index in [-0.39, 0.29) is 11.8 Å². The van der Waals surface area contributed by atoms with Gasteiger partial charge in [-0.25, -0.2) is 4.68 Å². The maximum atomic E-state index is 13.1. The Morgan fingerprint density at radius 1 is 0.962 bits per heavy atom. The van der Waals surface area contributed by atoms with E-state index in [0.717, 1.165) is 24.1 Å². The predicted octanol–water partition coefficient (Wildman–Crippen LogP) is 4.78. The van der Waals surface area contributed by atoms with E-state index in [1.165, 1.54) is 12.8 Å². The van der Waals surface area contributed by atoms with Crippen molar-refractivity contribution in [2.24, 2.45) is 5.92 Å². The number of carbonyl (C=O) groups is 1. The molecule has 1 heterocycles. The van der Waals surface area contributed by atoms with Gasteiger partial charge in [-0.05, 0) is 36.5 Å². The number of rotatable bonds is 5. The molecule has 0 aliphatic heterocycles. The Kier molecular flexibility index (Phi) is 4.82. The maximum absolute atomic E-state index is 13.1. The summed E-state index contributed by atoms with van der Waals surface area (Å²) in [6.07, 6.45) is 6.53. The topological polar surface area (TPSA) is 46.9 Å². The molecule has 1 unspecified atom stereocenters. The molecule has 0 radical (unpaired) electrons. The number of para-hydroxylation sites is 1. The van der Waals surface area contributed by atoms with Gasteiger partial charge in [-0.1, -0.05) is 61.4 Å². The van der Waals surface area contributed by atoms with Crippen molar-refractivity contribution in [3.63, 3.8) is 0 Å². The first-order valence-corrected chi connectivity index (χ1v) is 9.28. The van der Waals surface area contributed by atoms with E-state index < -0.39 is 0 Å². The number of hydrogen-bond donors (Lipinski definition) is 1. The maximum Gasteiger partial charge on any atom is 0.233 e. The van der Waals surface area contributed by atoms with Gasteiger partial charge in [0.25, 0.3) is 0 Å². The normalized spacial score (nSPS) is 15.7. The highest BCUT2D eigenvalue weighted by Crippen LogP contribution is 2.38. The number of hydrogen-bond acceptors (Lipinski definition) is 2. The number of benzene rings is 2. The number of amides is 1. The third-order valence-corrected chi connectivity index (χ3v) is 5.17. The van der Waals surface area contributed by atoms with Gasteiger partial charge in [0.2, 0.25) is 5.91 Å². The smallest absolute Gasteiger partial charge is 0.233 e. The monoisotopic (exact) mass is 345 g/mol. The quantitative estimate of drug-likeness (QED) is 0.723. The molecule has 0 bridgehead atoms. The number of nitrogens with zero attached hydrogens (tertiary/aromatic N) is 2. The molecular formula is C22H23N3O. The summed E-state index contributed by atoms with van der Waals surface area (Å²) in [7, 11) is 0. The molecule has 0 saturated heterocycles. The van der Waals surface area contributed by atoms with Crippen LogP contribution in [0.25, 0.3) is 5.69 Å². The Labute approximate surface area is 153 Å². The summed E-state index contributed by atoms with van der Waals surface area (Å²) in [5.41, 5.74) is 2.07. The molecule has 1 aliphatic rings. The minimum atomic E-state index is -0.111. The van der Waals surface area contributed by atoms with Gasteiger partial charge in [0.1, 0.15) is 0 Å². The van der Waals surface area contributed by atoms with Crippen LogP contribution in [0.4, 0.5) is 5.82 Å². The zero-order chi connectivity index (χ0) is 17.8. The molecule has 26 heavy (non-hydrogen) atoms. The highest BCUT2D eigenvalue weighted by atomic mass is 16.2. The molecule has 4 rings (SSSR count). The zero-order valence-corrected chi connectivity index (χ0v) is 14.7. The van der Waals surface area contributed by atoms with Crippen molar-refractivity contribution in [2.45, 2.75) is 31.6 Å². The van der Waals surface area contributed by atoms with E-state index in [9.17, 15) is 4.79 Å². The number of aromatic nitrogens is 2. The molecule has 4 heteroatoms. The Morgan fingerprint density at radius 3 is 2.31 bits per heavy atom. The molecule has 1 saturated carbocycles. The largest absolute Gasteiger partial charge is 0.309 e. The molecular weight excluding hydrogens is 322 g/mol. The first-order valence-electron chi connectivity index (χ1n) is 9.28. The lowest BCUT2D eigenvalue weighted by molar-refractivity contribution is -0.118. The molecule has 2 aromatic carbocycles. The number of nitrogens with one attached hydrogen (secondary N) is 1. The van der Waals surface area contributed by atoms with Crippen LogP contribution in [0, 0.1) is 5.92 Å². The van der Waals surface area contributed by atoms with Gasteiger partial charge >= 0.3 is 0 Å². The highest BCUT2D eigenvalue weighted by Gasteiger charge is 2.32. The van der Waals surface area contributed by atoms with Crippen molar-refractivity contribution in [1.29, 1.82) is 0 Å². The molecule has 1 aromatic heterocycles. The van der Waals surface area contributed by atoms with Crippen LogP contribution >= 0.6 is 0 Å². The summed E-state index contributed by atoms with van der Waals surface area (Å²) < 4.78 is 1.78. The number of anilines is 1. The van der Waals surface area contributed by atoms with E-state index >= 15 is 0 Å². The second-order valence-corrected chi connectivity index (χ2v) is 6.90. The average Bonchev–Trinajstić information content (AvgIpc) is 3.36. The molecule has 1 N–H and O–H groups in total. The minimum absolute atomic E-state index is 0.0430. The molecule has 1 amide bonds. The average molecular weight is 345 g/mol. The van der Waals surface area contributed by atoms with Gasteiger partial charge in [0.15, 0.2) is 5.82 Å². The first kappa shape index (κ1) is 16.6. The summed E-state index contributed by atoms with van der Waals surface area (Å²) in [5.74, 6) is 0.938. The lowest BCUT2D eigenvalue weighted by Gasteiger charge is -2.22. The minimum Gasteiger partial charge on any atom is -0.309 e. The van der Waals surface area contributed by atoms with Crippen LogP contribution < -0.4 is 5.32 Å². The Hall–Kier alpha value is -2.88. The molecule has 0 spiro atoms. The molecule has 1 aliphatic carbocycles. The Morgan fingerprint density at radius 2 is 1.62 bits per heavy atom. The highest BCUT2D eigenvalue weighted by molar-refractivity contribution is 5.95. The van der Waals surface area contributed by atoms with Crippen molar-refractivity contribution < 1.29 is 4.79 Å². The lowest BCUT2D eigenvalue weighted by atomic mass is 9.84. The van der Waals surface area contributed by atoms with Gasteiger partial charge in [-0.3, -0.25) is 4.79 Å². The number of carbonyl (C=O) groups excluding carboxylic acids is 1. The van der Waals surface area contributed by atoms with Crippen LogP contribution in [0.15, 0.2) is 72.9 Å². The third-order valence-electron chi connectivity index (χ3n) is 5.17. The van der Waals surface area contributed by atoms with Gasteiger partial charge in [-0.15, -0.1) is 0 Å². The predicted molar refractivity (Wildman–Crippen MR) is 103 cm³/mol. The second-order valence-electron chi connectivity index (χ2n) is 6.90. The van der Waals surface area contributed by atoms with Crippen LogP contribution in [0.2, 0.25) is 0 Å². The van der Waals surface area contributed by atoms with Crippen LogP contribution in [0.3, 0.4) is 0 Å². The van der Waals surface area contributed by atoms with Crippen LogP contribution in [0.5, 0.6) is 0 Å². The molecule has 1 atom stereocenters. The van der Waals surface area contributed by atoms with Gasteiger partial charge in [0.05, 0.1) is 11.6 Å². The molecule has 132 valence electrons. The fourth-order valence-electron chi connectivity index (χ4n) is 3.91. The van der Waals surface area contributed by atoms with Crippen molar-refractivity contribution in [1.82, 2.24) is 9.78 Å². The fourth-order valence-corrected chi connectivity index (χ4v) is 3.91. The van der Waals surface area contributed by atoms with E-state index in [0.29, 0.717) is 11.7 Å². The van der Waals surface area contributed by atoms with Gasteiger partial charge in [0, 0.05) is 12.3 Å². The van der Waals surface area contributed by atoms with E-state index in [1.807, 2.05) is 60.8 Å². The SMILES string of the molecule is O=C(Nc1ccn(-c2ccccc2)n1)C(c1ccccc1)C1CCCC1. The van der Waals surface area contributed by atoms with Crippen molar-refractivity contribution >= 4 is 11.7 Å². The summed E-state index contributed by atoms with van der Waals surface area (Å²) in [5, 5.41) is 7.54. The summed E-state index contributed by atoms with van der Waals surface area (Å²) >= 11 is 0. The van der Waals surface area contributed by atoms with E-state index in [4.69, 9.17) is 0 Å².